The molecule has 0 aromatic rings. The van der Waals surface area contributed by atoms with Gasteiger partial charge in [-0.05, 0) is 59.0 Å². The highest BCUT2D eigenvalue weighted by Gasteiger charge is 2.26. The van der Waals surface area contributed by atoms with Gasteiger partial charge in [0.15, 0.2) is 0 Å². The van der Waals surface area contributed by atoms with Crippen molar-refractivity contribution in [2.24, 2.45) is 5.92 Å². The van der Waals surface area contributed by atoms with E-state index in [0.717, 1.165) is 18.5 Å². The van der Waals surface area contributed by atoms with Crippen molar-refractivity contribution in [3.63, 3.8) is 0 Å². The topological polar surface area (TPSA) is 15.3 Å². The molecule has 1 rings (SSSR count). The minimum Gasteiger partial charge on any atom is -0.313 e. The highest BCUT2D eigenvalue weighted by atomic mass is 15.2. The number of nitrogens with one attached hydrogen (secondary N) is 1. The molecule has 0 saturated heterocycles. The van der Waals surface area contributed by atoms with Gasteiger partial charge in [0.05, 0.1) is 0 Å². The minimum atomic E-state index is 0.592. The second kappa shape index (κ2) is 6.61. The van der Waals surface area contributed by atoms with E-state index in [2.05, 4.69) is 45.0 Å². The molecule has 1 N–H and O–H groups in total. The van der Waals surface area contributed by atoms with E-state index in [1.165, 1.54) is 25.7 Å². The first-order valence-corrected chi connectivity index (χ1v) is 7.01. The van der Waals surface area contributed by atoms with Crippen LogP contribution < -0.4 is 5.32 Å². The second-order valence-electron chi connectivity index (χ2n) is 5.67. The van der Waals surface area contributed by atoms with E-state index in [9.17, 15) is 0 Å². The molecular formula is C14H30N2. The quantitative estimate of drug-likeness (QED) is 0.775. The Balaban J connectivity index is 2.40. The normalized spacial score (nSPS) is 30.4. The molecule has 0 aliphatic heterocycles. The van der Waals surface area contributed by atoms with E-state index >= 15 is 0 Å². The summed E-state index contributed by atoms with van der Waals surface area (Å²) in [5.41, 5.74) is 0. The molecule has 0 amide bonds. The third-order valence-corrected chi connectivity index (χ3v) is 4.45. The van der Waals surface area contributed by atoms with Crippen LogP contribution in [0.5, 0.6) is 0 Å². The summed E-state index contributed by atoms with van der Waals surface area (Å²) in [5, 5.41) is 3.53. The molecule has 1 aliphatic carbocycles. The largest absolute Gasteiger partial charge is 0.313 e. The van der Waals surface area contributed by atoms with Crippen LogP contribution in [-0.2, 0) is 0 Å². The Bertz CT molecular complexity index is 183. The average molecular weight is 226 g/mol. The van der Waals surface area contributed by atoms with Crippen molar-refractivity contribution in [2.45, 2.75) is 71.5 Å². The second-order valence-corrected chi connectivity index (χ2v) is 5.67. The molecule has 2 nitrogen and oxygen atoms in total. The first-order chi connectivity index (χ1) is 7.56. The van der Waals surface area contributed by atoms with Crippen molar-refractivity contribution in [3.05, 3.63) is 0 Å². The third kappa shape index (κ3) is 3.74. The van der Waals surface area contributed by atoms with E-state index in [0.29, 0.717) is 12.1 Å². The summed E-state index contributed by atoms with van der Waals surface area (Å²) in [6.07, 6.45) is 5.61. The summed E-state index contributed by atoms with van der Waals surface area (Å²) >= 11 is 0. The lowest BCUT2D eigenvalue weighted by Gasteiger charge is -2.39. The molecular weight excluding hydrogens is 196 g/mol. The van der Waals surface area contributed by atoms with Crippen molar-refractivity contribution >= 4 is 0 Å². The van der Waals surface area contributed by atoms with Crippen molar-refractivity contribution in [3.8, 4) is 0 Å². The lowest BCUT2D eigenvalue weighted by Crippen LogP contribution is -2.49. The monoisotopic (exact) mass is 226 g/mol. The lowest BCUT2D eigenvalue weighted by atomic mass is 9.86. The van der Waals surface area contributed by atoms with Gasteiger partial charge in [-0.3, -0.25) is 4.90 Å². The molecule has 2 unspecified atom stereocenters. The SMILES string of the molecule is CCNC(C)C(C)N(C)C1CCC(C)CC1. The summed E-state index contributed by atoms with van der Waals surface area (Å²) in [6.45, 7) is 10.3. The summed E-state index contributed by atoms with van der Waals surface area (Å²) in [7, 11) is 2.30. The van der Waals surface area contributed by atoms with Crippen LogP contribution in [0.3, 0.4) is 0 Å². The van der Waals surface area contributed by atoms with Gasteiger partial charge in [-0.15, -0.1) is 0 Å². The van der Waals surface area contributed by atoms with Crippen LogP contribution in [-0.4, -0.2) is 36.6 Å². The van der Waals surface area contributed by atoms with Gasteiger partial charge in [0.25, 0.3) is 0 Å². The van der Waals surface area contributed by atoms with Gasteiger partial charge in [-0.2, -0.15) is 0 Å². The molecule has 0 bridgehead atoms. The van der Waals surface area contributed by atoms with E-state index in [1.807, 2.05) is 0 Å². The van der Waals surface area contributed by atoms with E-state index in [1.54, 1.807) is 0 Å². The fourth-order valence-corrected chi connectivity index (χ4v) is 2.83. The van der Waals surface area contributed by atoms with Gasteiger partial charge in [-0.1, -0.05) is 13.8 Å². The van der Waals surface area contributed by atoms with Gasteiger partial charge in [0.1, 0.15) is 0 Å². The van der Waals surface area contributed by atoms with Crippen molar-refractivity contribution in [1.29, 1.82) is 0 Å². The minimum absolute atomic E-state index is 0.592. The smallest absolute Gasteiger partial charge is 0.0218 e. The van der Waals surface area contributed by atoms with Gasteiger partial charge in [0.2, 0.25) is 0 Å². The van der Waals surface area contributed by atoms with Crippen LogP contribution in [0.15, 0.2) is 0 Å². The molecule has 1 fully saturated rings. The Morgan fingerprint density at radius 2 is 1.75 bits per heavy atom. The maximum atomic E-state index is 3.53. The molecule has 1 aliphatic rings. The Morgan fingerprint density at radius 1 is 1.19 bits per heavy atom. The highest BCUT2D eigenvalue weighted by molar-refractivity contribution is 4.83. The van der Waals surface area contributed by atoms with Crippen LogP contribution in [0.4, 0.5) is 0 Å². The molecule has 2 atom stereocenters. The molecule has 0 spiro atoms. The Kier molecular flexibility index (Phi) is 5.77. The predicted molar refractivity (Wildman–Crippen MR) is 71.8 cm³/mol. The van der Waals surface area contributed by atoms with Gasteiger partial charge < -0.3 is 5.32 Å². The Labute approximate surface area is 102 Å². The summed E-state index contributed by atoms with van der Waals surface area (Å²) in [4.78, 5) is 2.60. The molecule has 0 heterocycles. The standard InChI is InChI=1S/C14H30N2/c1-6-15-12(3)13(4)16(5)14-9-7-11(2)8-10-14/h11-15H,6-10H2,1-5H3. The number of rotatable bonds is 5. The van der Waals surface area contributed by atoms with E-state index in [-0.39, 0.29) is 0 Å². The van der Waals surface area contributed by atoms with Gasteiger partial charge in [-0.25, -0.2) is 0 Å². The number of likely N-dealkylation sites (N-methyl/N-ethyl adjacent to an activating group) is 2. The zero-order valence-electron chi connectivity index (χ0n) is 11.8. The summed E-state index contributed by atoms with van der Waals surface area (Å²) < 4.78 is 0. The molecule has 96 valence electrons. The molecule has 0 aromatic heterocycles. The molecule has 1 saturated carbocycles. The fraction of sp³-hybridized carbons (Fsp3) is 1.00. The first-order valence-electron chi connectivity index (χ1n) is 7.01. The van der Waals surface area contributed by atoms with Crippen molar-refractivity contribution in [1.82, 2.24) is 10.2 Å². The van der Waals surface area contributed by atoms with Crippen LogP contribution in [0.2, 0.25) is 0 Å². The first kappa shape index (κ1) is 14.0. The Hall–Kier alpha value is -0.0800. The number of hydrogen-bond donors (Lipinski definition) is 1. The van der Waals surface area contributed by atoms with Crippen LogP contribution >= 0.6 is 0 Å². The fourth-order valence-electron chi connectivity index (χ4n) is 2.83. The highest BCUT2D eigenvalue weighted by Crippen LogP contribution is 2.27. The molecule has 0 aromatic carbocycles. The van der Waals surface area contributed by atoms with Crippen molar-refractivity contribution in [2.75, 3.05) is 13.6 Å². The van der Waals surface area contributed by atoms with Crippen molar-refractivity contribution < 1.29 is 0 Å². The maximum absolute atomic E-state index is 3.53. The van der Waals surface area contributed by atoms with Gasteiger partial charge in [0, 0.05) is 18.1 Å². The Morgan fingerprint density at radius 3 is 2.25 bits per heavy atom. The summed E-state index contributed by atoms with van der Waals surface area (Å²) in [5.74, 6) is 0.950. The third-order valence-electron chi connectivity index (χ3n) is 4.45. The van der Waals surface area contributed by atoms with E-state index in [4.69, 9.17) is 0 Å². The van der Waals surface area contributed by atoms with Crippen LogP contribution in [0.25, 0.3) is 0 Å². The van der Waals surface area contributed by atoms with Crippen LogP contribution in [0, 0.1) is 5.92 Å². The maximum Gasteiger partial charge on any atom is 0.0218 e. The summed E-state index contributed by atoms with van der Waals surface area (Å²) in [6, 6.07) is 2.04. The predicted octanol–water partition coefficient (Wildman–Crippen LogP) is 2.88. The number of hydrogen-bond acceptors (Lipinski definition) is 2. The molecule has 0 radical (unpaired) electrons. The van der Waals surface area contributed by atoms with Crippen LogP contribution in [0.1, 0.15) is 53.4 Å². The number of nitrogens with zero attached hydrogens (tertiary/aromatic N) is 1. The lowest BCUT2D eigenvalue weighted by molar-refractivity contribution is 0.113. The molecule has 16 heavy (non-hydrogen) atoms. The van der Waals surface area contributed by atoms with Gasteiger partial charge >= 0.3 is 0 Å². The zero-order chi connectivity index (χ0) is 12.1. The average Bonchev–Trinajstić information content (AvgIpc) is 2.28. The molecule has 2 heteroatoms. The zero-order valence-corrected chi connectivity index (χ0v) is 11.8. The van der Waals surface area contributed by atoms with E-state index < -0.39 is 0 Å².